The van der Waals surface area contributed by atoms with Gasteiger partial charge in [-0.2, -0.15) is 0 Å². The first-order valence-electron chi connectivity index (χ1n) is 4.97. The van der Waals surface area contributed by atoms with Gasteiger partial charge in [0.15, 0.2) is 6.61 Å². The Labute approximate surface area is 94.8 Å². The summed E-state index contributed by atoms with van der Waals surface area (Å²) in [7, 11) is 1.65. The van der Waals surface area contributed by atoms with Gasteiger partial charge in [0.05, 0.1) is 0 Å². The quantitative estimate of drug-likeness (QED) is 0.727. The highest BCUT2D eigenvalue weighted by Crippen LogP contribution is 2.14. The predicted molar refractivity (Wildman–Crippen MR) is 61.2 cm³/mol. The molecule has 0 aliphatic carbocycles. The number of benzene rings is 1. The molecule has 0 heterocycles. The van der Waals surface area contributed by atoms with Crippen LogP contribution in [0.25, 0.3) is 0 Å². The van der Waals surface area contributed by atoms with Crippen molar-refractivity contribution in [2.45, 2.75) is 13.8 Å². The zero-order valence-corrected chi connectivity index (χ0v) is 9.69. The van der Waals surface area contributed by atoms with Gasteiger partial charge < -0.3 is 9.64 Å². The maximum Gasteiger partial charge on any atom is 0.303 e. The number of carbonyl (C=O) groups excluding carboxylic acids is 2. The average molecular weight is 221 g/mol. The van der Waals surface area contributed by atoms with Crippen molar-refractivity contribution in [1.29, 1.82) is 0 Å². The second kappa shape index (κ2) is 5.30. The van der Waals surface area contributed by atoms with Crippen LogP contribution < -0.4 is 4.90 Å². The van der Waals surface area contributed by atoms with E-state index < -0.39 is 5.97 Å². The number of carbonyl (C=O) groups is 2. The van der Waals surface area contributed by atoms with Crippen molar-refractivity contribution in [2.75, 3.05) is 18.6 Å². The molecule has 16 heavy (non-hydrogen) atoms. The molecule has 0 fully saturated rings. The Morgan fingerprint density at radius 1 is 1.38 bits per heavy atom. The van der Waals surface area contributed by atoms with Crippen LogP contribution in [0, 0.1) is 6.92 Å². The number of hydrogen-bond acceptors (Lipinski definition) is 3. The lowest BCUT2D eigenvalue weighted by atomic mass is 10.2. The molecule has 0 bridgehead atoms. The predicted octanol–water partition coefficient (Wildman–Crippen LogP) is 1.52. The maximum absolute atomic E-state index is 11.6. The summed E-state index contributed by atoms with van der Waals surface area (Å²) in [5.41, 5.74) is 1.86. The Bertz CT molecular complexity index is 401. The van der Waals surface area contributed by atoms with Crippen molar-refractivity contribution in [3.8, 4) is 0 Å². The minimum absolute atomic E-state index is 0.222. The molecule has 86 valence electrons. The second-order valence-electron chi connectivity index (χ2n) is 3.57. The molecular weight excluding hydrogens is 206 g/mol. The fraction of sp³-hybridized carbons (Fsp3) is 0.333. The van der Waals surface area contributed by atoms with E-state index in [4.69, 9.17) is 0 Å². The summed E-state index contributed by atoms with van der Waals surface area (Å²) in [4.78, 5) is 23.6. The fourth-order valence-corrected chi connectivity index (χ4v) is 1.24. The molecule has 0 aromatic heterocycles. The minimum atomic E-state index is -0.453. The van der Waals surface area contributed by atoms with Crippen LogP contribution >= 0.6 is 0 Å². The number of anilines is 1. The molecule has 0 radical (unpaired) electrons. The van der Waals surface area contributed by atoms with Gasteiger partial charge in [-0.15, -0.1) is 0 Å². The largest absolute Gasteiger partial charge is 0.456 e. The standard InChI is InChI=1S/C12H15NO3/c1-9-5-4-6-11(7-9)13(3)12(15)8-16-10(2)14/h4-7H,8H2,1-3H3. The zero-order chi connectivity index (χ0) is 12.1. The van der Waals surface area contributed by atoms with E-state index in [9.17, 15) is 9.59 Å². The molecule has 0 aliphatic rings. The fourth-order valence-electron chi connectivity index (χ4n) is 1.24. The number of esters is 1. The van der Waals surface area contributed by atoms with Gasteiger partial charge in [0, 0.05) is 19.7 Å². The van der Waals surface area contributed by atoms with Crippen molar-refractivity contribution in [3.05, 3.63) is 29.8 Å². The van der Waals surface area contributed by atoms with Gasteiger partial charge >= 0.3 is 5.97 Å². The molecule has 0 saturated carbocycles. The van der Waals surface area contributed by atoms with E-state index in [1.165, 1.54) is 11.8 Å². The number of aryl methyl sites for hydroxylation is 1. The third kappa shape index (κ3) is 3.38. The summed E-state index contributed by atoms with van der Waals surface area (Å²) in [6.07, 6.45) is 0. The lowest BCUT2D eigenvalue weighted by Gasteiger charge is -2.17. The average Bonchev–Trinajstić information content (AvgIpc) is 2.24. The Morgan fingerprint density at radius 2 is 2.06 bits per heavy atom. The van der Waals surface area contributed by atoms with Crippen LogP contribution in [0.1, 0.15) is 12.5 Å². The molecule has 1 rings (SSSR count). The third-order valence-electron chi connectivity index (χ3n) is 2.16. The number of nitrogens with zero attached hydrogens (tertiary/aromatic N) is 1. The summed E-state index contributed by atoms with van der Waals surface area (Å²) in [5, 5.41) is 0. The van der Waals surface area contributed by atoms with Crippen LogP contribution in [0.5, 0.6) is 0 Å². The summed E-state index contributed by atoms with van der Waals surface area (Å²) in [6, 6.07) is 7.55. The molecular formula is C12H15NO3. The van der Waals surface area contributed by atoms with Gasteiger partial charge in [-0.1, -0.05) is 12.1 Å². The van der Waals surface area contributed by atoms with Crippen molar-refractivity contribution in [1.82, 2.24) is 0 Å². The highest BCUT2D eigenvalue weighted by Gasteiger charge is 2.11. The lowest BCUT2D eigenvalue weighted by molar-refractivity contribution is -0.145. The molecule has 0 saturated heterocycles. The van der Waals surface area contributed by atoms with Crippen LogP contribution in [-0.4, -0.2) is 25.5 Å². The van der Waals surface area contributed by atoms with Crippen LogP contribution in [0.15, 0.2) is 24.3 Å². The number of rotatable bonds is 3. The third-order valence-corrected chi connectivity index (χ3v) is 2.16. The lowest BCUT2D eigenvalue weighted by Crippen LogP contribution is -2.30. The molecule has 0 aliphatic heterocycles. The number of hydrogen-bond donors (Lipinski definition) is 0. The number of ether oxygens (including phenoxy) is 1. The van der Waals surface area contributed by atoms with Crippen molar-refractivity contribution in [2.24, 2.45) is 0 Å². The van der Waals surface area contributed by atoms with Crippen LogP contribution in [0.3, 0.4) is 0 Å². The van der Waals surface area contributed by atoms with E-state index in [0.717, 1.165) is 11.3 Å². The van der Waals surface area contributed by atoms with Gasteiger partial charge in [-0.25, -0.2) is 0 Å². The molecule has 0 spiro atoms. The minimum Gasteiger partial charge on any atom is -0.456 e. The Balaban J connectivity index is 2.66. The van der Waals surface area contributed by atoms with Crippen LogP contribution in [0.4, 0.5) is 5.69 Å². The molecule has 0 N–H and O–H groups in total. The number of likely N-dealkylation sites (N-methyl/N-ethyl adjacent to an activating group) is 1. The summed E-state index contributed by atoms with van der Waals surface area (Å²) < 4.78 is 4.65. The van der Waals surface area contributed by atoms with E-state index in [1.54, 1.807) is 7.05 Å². The molecule has 1 aromatic rings. The molecule has 0 atom stereocenters. The zero-order valence-electron chi connectivity index (χ0n) is 9.69. The SMILES string of the molecule is CC(=O)OCC(=O)N(C)c1cccc(C)c1. The topological polar surface area (TPSA) is 46.6 Å². The van der Waals surface area contributed by atoms with Crippen molar-refractivity contribution < 1.29 is 14.3 Å². The summed E-state index contributed by atoms with van der Waals surface area (Å²) >= 11 is 0. The second-order valence-corrected chi connectivity index (χ2v) is 3.57. The normalized spacial score (nSPS) is 9.69. The van der Waals surface area contributed by atoms with Gasteiger partial charge in [-0.05, 0) is 24.6 Å². The highest BCUT2D eigenvalue weighted by atomic mass is 16.5. The van der Waals surface area contributed by atoms with E-state index in [2.05, 4.69) is 4.74 Å². The number of amides is 1. The van der Waals surface area contributed by atoms with Crippen LogP contribution in [-0.2, 0) is 14.3 Å². The summed E-state index contributed by atoms with van der Waals surface area (Å²) in [6.45, 7) is 3.01. The van der Waals surface area contributed by atoms with Gasteiger partial charge in [0.25, 0.3) is 5.91 Å². The van der Waals surface area contributed by atoms with Crippen molar-refractivity contribution in [3.63, 3.8) is 0 Å². The molecule has 1 amide bonds. The molecule has 4 nitrogen and oxygen atoms in total. The van der Waals surface area contributed by atoms with E-state index in [-0.39, 0.29) is 12.5 Å². The maximum atomic E-state index is 11.6. The Morgan fingerprint density at radius 3 is 2.62 bits per heavy atom. The van der Waals surface area contributed by atoms with Gasteiger partial charge in [0.2, 0.25) is 0 Å². The van der Waals surface area contributed by atoms with E-state index in [0.29, 0.717) is 0 Å². The van der Waals surface area contributed by atoms with Gasteiger partial charge in [-0.3, -0.25) is 9.59 Å². The first-order chi connectivity index (χ1) is 7.50. The van der Waals surface area contributed by atoms with Crippen molar-refractivity contribution >= 4 is 17.6 Å². The molecule has 0 unspecified atom stereocenters. The Hall–Kier alpha value is -1.84. The molecule has 1 aromatic carbocycles. The monoisotopic (exact) mass is 221 g/mol. The van der Waals surface area contributed by atoms with E-state index in [1.807, 2.05) is 31.2 Å². The summed E-state index contributed by atoms with van der Waals surface area (Å²) in [5.74, 6) is -0.702. The first kappa shape index (κ1) is 12.2. The smallest absolute Gasteiger partial charge is 0.303 e. The highest BCUT2D eigenvalue weighted by molar-refractivity contribution is 5.94. The van der Waals surface area contributed by atoms with Gasteiger partial charge in [0.1, 0.15) is 0 Å². The van der Waals surface area contributed by atoms with Crippen LogP contribution in [0.2, 0.25) is 0 Å². The van der Waals surface area contributed by atoms with E-state index >= 15 is 0 Å². The first-order valence-corrected chi connectivity index (χ1v) is 4.97. The Kier molecular flexibility index (Phi) is 4.05. The molecule has 4 heteroatoms.